The van der Waals surface area contributed by atoms with Crippen LogP contribution in [0.2, 0.25) is 0 Å². The van der Waals surface area contributed by atoms with Crippen LogP contribution in [0.3, 0.4) is 0 Å². The zero-order valence-electron chi connectivity index (χ0n) is 18.6. The molecule has 1 aromatic heterocycles. The van der Waals surface area contributed by atoms with Crippen molar-refractivity contribution in [2.24, 2.45) is 0 Å². The van der Waals surface area contributed by atoms with Gasteiger partial charge >= 0.3 is 0 Å². The molecule has 8 heteroatoms. The first-order chi connectivity index (χ1) is 15.9. The Kier molecular flexibility index (Phi) is 6.82. The number of carbonyl (C=O) groups is 2. The van der Waals surface area contributed by atoms with Crippen molar-refractivity contribution in [1.29, 1.82) is 0 Å². The quantitative estimate of drug-likeness (QED) is 0.594. The molecule has 4 rings (SSSR count). The van der Waals surface area contributed by atoms with Gasteiger partial charge in [-0.3, -0.25) is 9.59 Å². The van der Waals surface area contributed by atoms with E-state index in [0.717, 1.165) is 17.5 Å². The van der Waals surface area contributed by atoms with Crippen LogP contribution in [0.15, 0.2) is 65.4 Å². The Hall–Kier alpha value is -3.55. The number of hydrogen-bond acceptors (Lipinski definition) is 5. The number of rotatable bonds is 7. The Balaban J connectivity index is 1.56. The molecular weight excluding hydrogens is 423 g/mol. The van der Waals surface area contributed by atoms with Gasteiger partial charge in [-0.2, -0.15) is 0 Å². The van der Waals surface area contributed by atoms with Gasteiger partial charge in [-0.15, -0.1) is 10.2 Å². The topological polar surface area (TPSA) is 88.3 Å². The molecule has 1 fully saturated rings. The molecule has 1 N–H and O–H groups in total. The van der Waals surface area contributed by atoms with Gasteiger partial charge in [-0.1, -0.05) is 68.4 Å². The van der Waals surface area contributed by atoms with E-state index in [9.17, 15) is 14.0 Å². The number of alkyl halides is 1. The summed E-state index contributed by atoms with van der Waals surface area (Å²) in [5.74, 6) is -0.288. The molecule has 172 valence electrons. The average molecular weight is 451 g/mol. The SMILES string of the molecule is CC(C)c1ccc(C(NC(=O)C2CC(F)CN2C(=O)Cc2nnco2)c2ccccc2)cc1. The lowest BCUT2D eigenvalue weighted by atomic mass is 9.95. The van der Waals surface area contributed by atoms with Gasteiger partial charge in [-0.05, 0) is 22.6 Å². The van der Waals surface area contributed by atoms with Crippen LogP contribution in [0.25, 0.3) is 0 Å². The molecule has 0 spiro atoms. The van der Waals surface area contributed by atoms with Crippen LogP contribution in [0.5, 0.6) is 0 Å². The van der Waals surface area contributed by atoms with Crippen LogP contribution in [-0.4, -0.2) is 45.7 Å². The van der Waals surface area contributed by atoms with Crippen LogP contribution in [0, 0.1) is 0 Å². The van der Waals surface area contributed by atoms with E-state index < -0.39 is 30.1 Å². The molecule has 0 bridgehead atoms. The van der Waals surface area contributed by atoms with Gasteiger partial charge in [0.1, 0.15) is 18.6 Å². The third-order valence-electron chi connectivity index (χ3n) is 5.94. The lowest BCUT2D eigenvalue weighted by Crippen LogP contribution is -2.47. The molecular formula is C25H27FN4O3. The predicted molar refractivity (Wildman–Crippen MR) is 120 cm³/mol. The fraction of sp³-hybridized carbons (Fsp3) is 0.360. The first-order valence-corrected chi connectivity index (χ1v) is 11.1. The number of carbonyl (C=O) groups excluding carboxylic acids is 2. The third-order valence-corrected chi connectivity index (χ3v) is 5.94. The van der Waals surface area contributed by atoms with E-state index in [1.165, 1.54) is 10.5 Å². The Bertz CT molecular complexity index is 1070. The van der Waals surface area contributed by atoms with Gasteiger partial charge in [-0.25, -0.2) is 4.39 Å². The molecule has 2 heterocycles. The van der Waals surface area contributed by atoms with E-state index in [-0.39, 0.29) is 25.3 Å². The van der Waals surface area contributed by atoms with E-state index >= 15 is 0 Å². The molecule has 0 aliphatic carbocycles. The van der Waals surface area contributed by atoms with Crippen molar-refractivity contribution >= 4 is 11.8 Å². The van der Waals surface area contributed by atoms with Gasteiger partial charge in [0.2, 0.25) is 24.1 Å². The molecule has 2 amide bonds. The molecule has 3 unspecified atom stereocenters. The second kappa shape index (κ2) is 9.94. The standard InChI is InChI=1S/C25H27FN4O3/c1-16(2)17-8-10-19(11-9-17)24(18-6-4-3-5-7-18)28-25(32)21-12-20(26)14-30(21)23(31)13-22-29-27-15-33-22/h3-11,15-16,20-21,24H,12-14H2,1-2H3,(H,28,32). The van der Waals surface area contributed by atoms with Crippen molar-refractivity contribution in [3.8, 4) is 0 Å². The fourth-order valence-electron chi connectivity index (χ4n) is 4.13. The van der Waals surface area contributed by atoms with Gasteiger partial charge in [0.05, 0.1) is 12.6 Å². The summed E-state index contributed by atoms with van der Waals surface area (Å²) < 4.78 is 19.3. The summed E-state index contributed by atoms with van der Waals surface area (Å²) in [6.07, 6.45) is -0.360. The van der Waals surface area contributed by atoms with Gasteiger partial charge in [0, 0.05) is 6.42 Å². The molecule has 0 radical (unpaired) electrons. The fourth-order valence-corrected chi connectivity index (χ4v) is 4.13. The predicted octanol–water partition coefficient (Wildman–Crippen LogP) is 3.58. The number of amides is 2. The van der Waals surface area contributed by atoms with E-state index in [4.69, 9.17) is 4.42 Å². The lowest BCUT2D eigenvalue weighted by molar-refractivity contribution is -0.138. The maximum absolute atomic E-state index is 14.3. The van der Waals surface area contributed by atoms with E-state index in [1.807, 2.05) is 42.5 Å². The van der Waals surface area contributed by atoms with E-state index in [0.29, 0.717) is 5.92 Å². The highest BCUT2D eigenvalue weighted by Crippen LogP contribution is 2.27. The number of aromatic nitrogens is 2. The third kappa shape index (κ3) is 5.27. The Labute approximate surface area is 192 Å². The number of likely N-dealkylation sites (tertiary alicyclic amines) is 1. The molecule has 3 atom stereocenters. The summed E-state index contributed by atoms with van der Waals surface area (Å²) in [4.78, 5) is 27.3. The molecule has 0 saturated carbocycles. The second-order valence-electron chi connectivity index (χ2n) is 8.58. The Morgan fingerprint density at radius 2 is 1.76 bits per heavy atom. The van der Waals surface area contributed by atoms with Gasteiger partial charge < -0.3 is 14.6 Å². The second-order valence-corrected chi connectivity index (χ2v) is 8.58. The highest BCUT2D eigenvalue weighted by atomic mass is 19.1. The summed E-state index contributed by atoms with van der Waals surface area (Å²) in [6, 6.07) is 16.4. The molecule has 7 nitrogen and oxygen atoms in total. The number of benzene rings is 2. The Morgan fingerprint density at radius 1 is 1.09 bits per heavy atom. The first kappa shape index (κ1) is 22.6. The minimum absolute atomic E-state index is 0.0464. The number of hydrogen-bond donors (Lipinski definition) is 1. The molecule has 1 aliphatic rings. The summed E-state index contributed by atoms with van der Waals surface area (Å²) in [5, 5.41) is 10.3. The van der Waals surface area contributed by atoms with E-state index in [2.05, 4.69) is 41.5 Å². The number of halogens is 1. The molecule has 1 saturated heterocycles. The Morgan fingerprint density at radius 3 is 2.39 bits per heavy atom. The van der Waals surface area contributed by atoms with Crippen molar-refractivity contribution in [3.05, 3.63) is 83.6 Å². The zero-order valence-corrected chi connectivity index (χ0v) is 18.6. The molecule has 33 heavy (non-hydrogen) atoms. The summed E-state index contributed by atoms with van der Waals surface area (Å²) >= 11 is 0. The highest BCUT2D eigenvalue weighted by Gasteiger charge is 2.40. The van der Waals surface area contributed by atoms with Crippen LogP contribution in [0.4, 0.5) is 4.39 Å². The van der Waals surface area contributed by atoms with Crippen molar-refractivity contribution in [2.45, 2.75) is 50.9 Å². The van der Waals surface area contributed by atoms with Crippen LogP contribution in [0.1, 0.15) is 54.8 Å². The maximum Gasteiger partial charge on any atom is 0.243 e. The van der Waals surface area contributed by atoms with Crippen molar-refractivity contribution < 1.29 is 18.4 Å². The summed E-state index contributed by atoms with van der Waals surface area (Å²) in [7, 11) is 0. The lowest BCUT2D eigenvalue weighted by Gasteiger charge is -2.27. The van der Waals surface area contributed by atoms with Gasteiger partial charge in [0.25, 0.3) is 0 Å². The van der Waals surface area contributed by atoms with E-state index in [1.54, 1.807) is 0 Å². The van der Waals surface area contributed by atoms with Crippen LogP contribution >= 0.6 is 0 Å². The number of nitrogens with zero attached hydrogens (tertiary/aromatic N) is 3. The summed E-state index contributed by atoms with van der Waals surface area (Å²) in [6.45, 7) is 4.11. The van der Waals surface area contributed by atoms with Gasteiger partial charge in [0.15, 0.2) is 0 Å². The largest absolute Gasteiger partial charge is 0.427 e. The first-order valence-electron chi connectivity index (χ1n) is 11.1. The minimum atomic E-state index is -1.27. The highest BCUT2D eigenvalue weighted by molar-refractivity contribution is 5.89. The molecule has 1 aliphatic heterocycles. The number of nitrogens with one attached hydrogen (secondary N) is 1. The van der Waals surface area contributed by atoms with Crippen molar-refractivity contribution in [1.82, 2.24) is 20.4 Å². The normalized spacial score (nSPS) is 19.0. The molecule has 3 aromatic rings. The van der Waals surface area contributed by atoms with Crippen LogP contribution in [-0.2, 0) is 16.0 Å². The smallest absolute Gasteiger partial charge is 0.243 e. The van der Waals surface area contributed by atoms with Crippen molar-refractivity contribution in [2.75, 3.05) is 6.54 Å². The van der Waals surface area contributed by atoms with Crippen molar-refractivity contribution in [3.63, 3.8) is 0 Å². The maximum atomic E-state index is 14.3. The molecule has 2 aromatic carbocycles. The zero-order chi connectivity index (χ0) is 23.4. The van der Waals surface area contributed by atoms with Crippen LogP contribution < -0.4 is 5.32 Å². The average Bonchev–Trinajstić information content (AvgIpc) is 3.47. The summed E-state index contributed by atoms with van der Waals surface area (Å²) in [5.41, 5.74) is 3.02. The minimum Gasteiger partial charge on any atom is -0.427 e. The monoisotopic (exact) mass is 450 g/mol.